The fourth-order valence-electron chi connectivity index (χ4n) is 8.47. The zero-order valence-electron chi connectivity index (χ0n) is 49.3. The van der Waals surface area contributed by atoms with Crippen LogP contribution < -0.4 is 15.4 Å². The standard InChI is InChI=1S/C62H85N3O21/c1-72-24-25-74-28-29-76-32-33-78-36-37-80-40-41-82-44-45-83-43-42-81-39-38-79-35-34-77-31-30-75-27-26-73-23-21-59(66)63-22-7-6-8-50(46-60(67)84-48-58-56-11-4-2-9-54(56)55-10-3-5-12-57(55)58)61(68)64-51-15-13-49(14-16-51)47-85-62(69)86-53-19-17-52(18-20-53)65(70)71/h2-5,9-20,50,58H,6-8,21-48H2,1H3,(H,63,66)(H,64,68)/t50-/m1/s1. The van der Waals surface area contributed by atoms with E-state index in [0.29, 0.717) is 182 Å². The molecule has 0 radical (unpaired) electrons. The summed E-state index contributed by atoms with van der Waals surface area (Å²) in [5.74, 6) is -1.84. The van der Waals surface area contributed by atoms with Gasteiger partial charge >= 0.3 is 12.1 Å². The van der Waals surface area contributed by atoms with Crippen molar-refractivity contribution in [3.63, 3.8) is 0 Å². The van der Waals surface area contributed by atoms with E-state index in [0.717, 1.165) is 22.3 Å². The monoisotopic (exact) mass is 1210 g/mol. The van der Waals surface area contributed by atoms with Gasteiger partial charge < -0.3 is 81.7 Å². The lowest BCUT2D eigenvalue weighted by atomic mass is 9.96. The molecule has 1 aliphatic carbocycles. The molecule has 474 valence electrons. The molecule has 0 aromatic heterocycles. The number of carbonyl (C=O) groups is 4. The summed E-state index contributed by atoms with van der Waals surface area (Å²) in [5.41, 5.74) is 5.28. The van der Waals surface area contributed by atoms with Crippen molar-refractivity contribution in [3.8, 4) is 16.9 Å². The van der Waals surface area contributed by atoms with Gasteiger partial charge in [-0.15, -0.1) is 0 Å². The van der Waals surface area contributed by atoms with Gasteiger partial charge in [-0.25, -0.2) is 4.79 Å². The van der Waals surface area contributed by atoms with E-state index in [1.807, 2.05) is 36.4 Å². The summed E-state index contributed by atoms with van der Waals surface area (Å²) < 4.78 is 81.5. The summed E-state index contributed by atoms with van der Waals surface area (Å²) in [5, 5.41) is 16.7. The van der Waals surface area contributed by atoms with Crippen molar-refractivity contribution in [3.05, 3.63) is 124 Å². The third-order valence-corrected chi connectivity index (χ3v) is 12.9. The number of esters is 1. The average Bonchev–Trinajstić information content (AvgIpc) is 1.87. The minimum absolute atomic E-state index is 0.0832. The number of hydrogen-bond donors (Lipinski definition) is 2. The topological polar surface area (TPSA) is 274 Å². The van der Waals surface area contributed by atoms with Gasteiger partial charge in [0.2, 0.25) is 11.8 Å². The van der Waals surface area contributed by atoms with Crippen LogP contribution in [0.5, 0.6) is 5.75 Å². The van der Waals surface area contributed by atoms with Crippen LogP contribution in [-0.2, 0) is 87.3 Å². The average molecular weight is 1210 g/mol. The highest BCUT2D eigenvalue weighted by Gasteiger charge is 2.30. The quantitative estimate of drug-likeness (QED) is 0.0146. The van der Waals surface area contributed by atoms with Gasteiger partial charge in [-0.2, -0.15) is 0 Å². The molecule has 0 aliphatic heterocycles. The van der Waals surface area contributed by atoms with E-state index in [4.69, 9.17) is 71.1 Å². The number of methoxy groups -OCH3 is 1. The van der Waals surface area contributed by atoms with E-state index in [-0.39, 0.29) is 61.8 Å². The van der Waals surface area contributed by atoms with Gasteiger partial charge in [-0.1, -0.05) is 67.1 Å². The second kappa shape index (κ2) is 44.9. The first-order valence-electron chi connectivity index (χ1n) is 29.1. The number of nitro groups is 1. The Hall–Kier alpha value is -6.52. The van der Waals surface area contributed by atoms with E-state index in [9.17, 15) is 29.3 Å². The Balaban J connectivity index is 0.839. The maximum atomic E-state index is 13.8. The number of ether oxygens (including phenoxy) is 15. The van der Waals surface area contributed by atoms with E-state index in [2.05, 4.69) is 22.8 Å². The number of non-ortho nitro benzene ring substituents is 1. The van der Waals surface area contributed by atoms with Gasteiger partial charge in [0, 0.05) is 49.7 Å². The number of benzene rings is 4. The molecule has 0 bridgehead atoms. The van der Waals surface area contributed by atoms with Crippen LogP contribution in [0.15, 0.2) is 97.1 Å². The zero-order valence-corrected chi connectivity index (χ0v) is 49.3. The molecule has 4 aromatic carbocycles. The smallest absolute Gasteiger partial charge is 0.465 e. The summed E-state index contributed by atoms with van der Waals surface area (Å²) in [4.78, 5) is 62.4. The molecule has 1 aliphatic rings. The van der Waals surface area contributed by atoms with Gasteiger partial charge in [0.05, 0.1) is 163 Å². The molecule has 0 saturated heterocycles. The van der Waals surface area contributed by atoms with Gasteiger partial charge in [-0.05, 0) is 64.9 Å². The van der Waals surface area contributed by atoms with Crippen LogP contribution >= 0.6 is 0 Å². The number of hydrogen-bond acceptors (Lipinski definition) is 21. The van der Waals surface area contributed by atoms with Crippen molar-refractivity contribution in [2.45, 2.75) is 44.6 Å². The Morgan fingerprint density at radius 3 is 1.42 bits per heavy atom. The molecular formula is C62H85N3O21. The number of rotatable bonds is 51. The van der Waals surface area contributed by atoms with E-state index in [1.165, 1.54) is 24.3 Å². The number of nitrogens with zero attached hydrogens (tertiary/aromatic N) is 1. The molecule has 24 nitrogen and oxygen atoms in total. The molecule has 0 fully saturated rings. The summed E-state index contributed by atoms with van der Waals surface area (Å²) >= 11 is 0. The molecule has 0 spiro atoms. The van der Waals surface area contributed by atoms with Crippen LogP contribution in [0.25, 0.3) is 11.1 Å². The van der Waals surface area contributed by atoms with Crippen LogP contribution in [0.4, 0.5) is 16.2 Å². The van der Waals surface area contributed by atoms with Crippen molar-refractivity contribution in [2.24, 2.45) is 5.92 Å². The molecule has 5 rings (SSSR count). The largest absolute Gasteiger partial charge is 0.514 e. The number of anilines is 1. The van der Waals surface area contributed by atoms with E-state index in [1.54, 1.807) is 31.4 Å². The molecule has 24 heteroatoms. The predicted molar refractivity (Wildman–Crippen MR) is 314 cm³/mol. The summed E-state index contributed by atoms with van der Waals surface area (Å²) in [6.45, 7) is 10.8. The minimum atomic E-state index is -0.998. The highest BCUT2D eigenvalue weighted by atomic mass is 16.7. The lowest BCUT2D eigenvalue weighted by molar-refractivity contribution is -0.384. The maximum Gasteiger partial charge on any atom is 0.514 e. The Morgan fingerprint density at radius 2 is 0.965 bits per heavy atom. The fraction of sp³-hybridized carbons (Fsp3) is 0.548. The highest BCUT2D eigenvalue weighted by molar-refractivity contribution is 5.94. The normalized spacial score (nSPS) is 12.1. The summed E-state index contributed by atoms with van der Waals surface area (Å²) in [6, 6.07) is 27.7. The summed E-state index contributed by atoms with van der Waals surface area (Å²) in [7, 11) is 1.64. The van der Waals surface area contributed by atoms with Crippen LogP contribution in [0.3, 0.4) is 0 Å². The molecule has 0 saturated carbocycles. The molecule has 0 heterocycles. The molecule has 86 heavy (non-hydrogen) atoms. The number of nitrogens with one attached hydrogen (secondary N) is 2. The lowest BCUT2D eigenvalue weighted by Crippen LogP contribution is -2.28. The first-order chi connectivity index (χ1) is 42.2. The van der Waals surface area contributed by atoms with Crippen molar-refractivity contribution in [1.82, 2.24) is 5.32 Å². The number of fused-ring (bicyclic) bond motifs is 3. The van der Waals surface area contributed by atoms with Crippen LogP contribution in [0.1, 0.15) is 54.7 Å². The van der Waals surface area contributed by atoms with E-state index < -0.39 is 23.0 Å². The van der Waals surface area contributed by atoms with Crippen LogP contribution in [-0.4, -0.2) is 201 Å². The predicted octanol–water partition coefficient (Wildman–Crippen LogP) is 7.12. The molecule has 4 aromatic rings. The van der Waals surface area contributed by atoms with Gasteiger partial charge in [0.1, 0.15) is 19.0 Å². The van der Waals surface area contributed by atoms with Crippen LogP contribution in [0, 0.1) is 16.0 Å². The Kier molecular flexibility index (Phi) is 36.6. The number of carbonyl (C=O) groups excluding carboxylic acids is 4. The molecule has 2 N–H and O–H groups in total. The Bertz CT molecular complexity index is 2460. The fourth-order valence-corrected chi connectivity index (χ4v) is 8.47. The van der Waals surface area contributed by atoms with Gasteiger partial charge in [-0.3, -0.25) is 24.5 Å². The summed E-state index contributed by atoms with van der Waals surface area (Å²) in [6.07, 6.45) is 0.475. The second-order valence-corrected chi connectivity index (χ2v) is 19.2. The highest BCUT2D eigenvalue weighted by Crippen LogP contribution is 2.44. The number of amides is 2. The Morgan fingerprint density at radius 1 is 0.523 bits per heavy atom. The van der Waals surface area contributed by atoms with Crippen LogP contribution in [0.2, 0.25) is 0 Å². The molecule has 1 atom stereocenters. The molecular weight excluding hydrogens is 1120 g/mol. The van der Waals surface area contributed by atoms with E-state index >= 15 is 0 Å². The number of unbranched alkanes of at least 4 members (excludes halogenated alkanes) is 1. The first-order valence-corrected chi connectivity index (χ1v) is 29.1. The lowest BCUT2D eigenvalue weighted by Gasteiger charge is -2.18. The minimum Gasteiger partial charge on any atom is -0.465 e. The maximum absolute atomic E-state index is 13.8. The van der Waals surface area contributed by atoms with Gasteiger partial charge in [0.15, 0.2) is 0 Å². The van der Waals surface area contributed by atoms with Crippen molar-refractivity contribution in [2.75, 3.05) is 178 Å². The third kappa shape index (κ3) is 30.2. The Labute approximate surface area is 503 Å². The van der Waals surface area contributed by atoms with Crippen molar-refractivity contribution >= 4 is 35.3 Å². The molecule has 2 amide bonds. The first kappa shape index (κ1) is 70.2. The third-order valence-electron chi connectivity index (χ3n) is 12.9. The second-order valence-electron chi connectivity index (χ2n) is 19.2. The molecule has 0 unspecified atom stereocenters. The van der Waals surface area contributed by atoms with Crippen molar-refractivity contribution in [1.29, 1.82) is 0 Å². The zero-order chi connectivity index (χ0) is 60.9. The van der Waals surface area contributed by atoms with Crippen molar-refractivity contribution < 1.29 is 95.2 Å². The SMILES string of the molecule is COCCOCCOCCOCCOCCOCCOCCOCCOCCOCCOCCOCCC(=O)NCCCC[C@H](CC(=O)OCC1c2ccccc2-c2ccccc21)C(=O)Nc1ccc(COC(=O)Oc2ccc([N+](=O)[O-])cc2)cc1. The number of nitro benzene ring substituents is 1. The van der Waals surface area contributed by atoms with Gasteiger partial charge in [0.25, 0.3) is 5.69 Å².